The van der Waals surface area contributed by atoms with E-state index in [9.17, 15) is 9.50 Å². The van der Waals surface area contributed by atoms with E-state index in [-0.39, 0.29) is 6.42 Å². The summed E-state index contributed by atoms with van der Waals surface area (Å²) in [7, 11) is 1.81. The van der Waals surface area contributed by atoms with Crippen LogP contribution in [0.3, 0.4) is 0 Å². The predicted molar refractivity (Wildman–Crippen MR) is 75.3 cm³/mol. The van der Waals surface area contributed by atoms with Crippen LogP contribution in [0.1, 0.15) is 23.9 Å². The Balaban J connectivity index is 2.39. The van der Waals surface area contributed by atoms with Gasteiger partial charge in [0.15, 0.2) is 0 Å². The summed E-state index contributed by atoms with van der Waals surface area (Å²) < 4.78 is 16.4. The minimum Gasteiger partial charge on any atom is -0.385 e. The van der Waals surface area contributed by atoms with Crippen LogP contribution in [-0.2, 0) is 19.1 Å². The van der Waals surface area contributed by atoms with E-state index in [0.29, 0.717) is 5.56 Å². The highest BCUT2D eigenvalue weighted by molar-refractivity contribution is 9.10. The molecular weight excluding hydrogens is 311 g/mol. The van der Waals surface area contributed by atoms with Crippen molar-refractivity contribution in [1.82, 2.24) is 9.78 Å². The maximum atomic E-state index is 13.8. The molecule has 0 aliphatic rings. The summed E-state index contributed by atoms with van der Waals surface area (Å²) in [5.74, 6) is -0.400. The number of aryl methyl sites for hydroxylation is 2. The highest BCUT2D eigenvalue weighted by atomic mass is 79.9. The normalized spacial score (nSPS) is 14.4. The zero-order valence-corrected chi connectivity index (χ0v) is 12.7. The Labute approximate surface area is 120 Å². The fourth-order valence-corrected chi connectivity index (χ4v) is 2.67. The average Bonchev–Trinajstić information content (AvgIpc) is 2.56. The highest BCUT2D eigenvalue weighted by Gasteiger charge is 2.29. The van der Waals surface area contributed by atoms with Crippen molar-refractivity contribution in [2.45, 2.75) is 25.9 Å². The molecule has 0 bridgehead atoms. The molecule has 0 saturated heterocycles. The second-order valence-corrected chi connectivity index (χ2v) is 5.69. The van der Waals surface area contributed by atoms with Crippen molar-refractivity contribution in [3.63, 3.8) is 0 Å². The Morgan fingerprint density at radius 1 is 1.42 bits per heavy atom. The molecule has 1 unspecified atom stereocenters. The molecule has 1 heterocycles. The minimum atomic E-state index is -1.28. The van der Waals surface area contributed by atoms with E-state index in [0.717, 1.165) is 15.9 Å². The Bertz CT molecular complexity index is 607. The van der Waals surface area contributed by atoms with E-state index in [4.69, 9.17) is 0 Å². The largest absolute Gasteiger partial charge is 0.385 e. The third-order valence-corrected chi connectivity index (χ3v) is 4.26. The summed E-state index contributed by atoms with van der Waals surface area (Å²) in [6.45, 7) is 3.49. The van der Waals surface area contributed by atoms with Gasteiger partial charge in [-0.25, -0.2) is 4.39 Å². The fourth-order valence-electron chi connectivity index (χ4n) is 2.19. The zero-order chi connectivity index (χ0) is 14.2. The van der Waals surface area contributed by atoms with Crippen molar-refractivity contribution in [3.8, 4) is 0 Å². The Kier molecular flexibility index (Phi) is 3.78. The van der Waals surface area contributed by atoms with Gasteiger partial charge in [-0.3, -0.25) is 4.68 Å². The van der Waals surface area contributed by atoms with Crippen LogP contribution in [0.2, 0.25) is 0 Å². The molecule has 2 rings (SSSR count). The summed E-state index contributed by atoms with van der Waals surface area (Å²) in [5, 5.41) is 14.9. The number of benzene rings is 1. The first-order chi connectivity index (χ1) is 8.83. The first-order valence-corrected chi connectivity index (χ1v) is 6.77. The molecule has 0 amide bonds. The van der Waals surface area contributed by atoms with E-state index < -0.39 is 11.4 Å². The summed E-state index contributed by atoms with van der Waals surface area (Å²) in [4.78, 5) is 0. The molecule has 0 radical (unpaired) electrons. The summed E-state index contributed by atoms with van der Waals surface area (Å²) in [5.41, 5.74) is 0.696. The van der Waals surface area contributed by atoms with Crippen LogP contribution in [0.15, 0.2) is 28.7 Å². The van der Waals surface area contributed by atoms with Crippen LogP contribution in [0.5, 0.6) is 0 Å². The topological polar surface area (TPSA) is 38.0 Å². The van der Waals surface area contributed by atoms with Gasteiger partial charge < -0.3 is 5.11 Å². The smallest absolute Gasteiger partial charge is 0.129 e. The molecular formula is C14H16BrFN2O. The summed E-state index contributed by atoms with van der Waals surface area (Å²) >= 11 is 3.46. The lowest BCUT2D eigenvalue weighted by Gasteiger charge is -2.24. The van der Waals surface area contributed by atoms with Gasteiger partial charge in [-0.2, -0.15) is 5.10 Å². The van der Waals surface area contributed by atoms with E-state index >= 15 is 0 Å². The highest BCUT2D eigenvalue weighted by Crippen LogP contribution is 2.31. The van der Waals surface area contributed by atoms with Gasteiger partial charge in [0.05, 0.1) is 21.5 Å². The maximum Gasteiger partial charge on any atom is 0.129 e. The van der Waals surface area contributed by atoms with Crippen LogP contribution in [0, 0.1) is 12.7 Å². The number of rotatable bonds is 3. The molecule has 1 aromatic carbocycles. The fraction of sp³-hybridized carbons (Fsp3) is 0.357. The molecule has 0 saturated carbocycles. The second-order valence-electron chi connectivity index (χ2n) is 4.90. The molecule has 0 fully saturated rings. The second kappa shape index (κ2) is 5.06. The third kappa shape index (κ3) is 2.72. The van der Waals surface area contributed by atoms with Gasteiger partial charge in [0.25, 0.3) is 0 Å². The molecule has 0 spiro atoms. The maximum absolute atomic E-state index is 13.8. The molecule has 1 N–H and O–H groups in total. The lowest BCUT2D eigenvalue weighted by molar-refractivity contribution is 0.0516. The van der Waals surface area contributed by atoms with Crippen molar-refractivity contribution in [2.24, 2.45) is 7.05 Å². The molecule has 0 aliphatic carbocycles. The van der Waals surface area contributed by atoms with Crippen molar-refractivity contribution in [1.29, 1.82) is 0 Å². The van der Waals surface area contributed by atoms with Crippen LogP contribution >= 0.6 is 15.9 Å². The van der Waals surface area contributed by atoms with Gasteiger partial charge in [0.2, 0.25) is 0 Å². The number of hydrogen-bond acceptors (Lipinski definition) is 2. The van der Waals surface area contributed by atoms with Gasteiger partial charge in [-0.15, -0.1) is 0 Å². The predicted octanol–water partition coefficient (Wildman–Crippen LogP) is 3.08. The lowest BCUT2D eigenvalue weighted by atomic mass is 9.90. The van der Waals surface area contributed by atoms with E-state index in [2.05, 4.69) is 21.0 Å². The third-order valence-electron chi connectivity index (χ3n) is 3.23. The van der Waals surface area contributed by atoms with Gasteiger partial charge in [-0.1, -0.05) is 18.2 Å². The molecule has 2 aromatic rings. The lowest BCUT2D eigenvalue weighted by Crippen LogP contribution is -2.27. The molecule has 0 aliphatic heterocycles. The quantitative estimate of drug-likeness (QED) is 0.941. The Morgan fingerprint density at radius 3 is 2.58 bits per heavy atom. The number of hydrogen-bond donors (Lipinski definition) is 1. The average molecular weight is 327 g/mol. The van der Waals surface area contributed by atoms with Gasteiger partial charge in [-0.05, 0) is 35.8 Å². The summed E-state index contributed by atoms with van der Waals surface area (Å²) in [6, 6.07) is 6.29. The molecule has 3 nitrogen and oxygen atoms in total. The van der Waals surface area contributed by atoms with Gasteiger partial charge in [0.1, 0.15) is 5.82 Å². The monoisotopic (exact) mass is 326 g/mol. The van der Waals surface area contributed by atoms with Gasteiger partial charge >= 0.3 is 0 Å². The van der Waals surface area contributed by atoms with E-state index in [1.165, 1.54) is 6.07 Å². The van der Waals surface area contributed by atoms with Crippen LogP contribution in [0.25, 0.3) is 0 Å². The van der Waals surface area contributed by atoms with Crippen LogP contribution in [0.4, 0.5) is 4.39 Å². The number of halogens is 2. The number of nitrogens with zero attached hydrogens (tertiary/aromatic N) is 2. The summed E-state index contributed by atoms with van der Waals surface area (Å²) in [6.07, 6.45) is 0.284. The first-order valence-electron chi connectivity index (χ1n) is 5.98. The molecule has 19 heavy (non-hydrogen) atoms. The zero-order valence-electron chi connectivity index (χ0n) is 11.1. The van der Waals surface area contributed by atoms with Crippen molar-refractivity contribution in [2.75, 3.05) is 0 Å². The molecule has 1 atom stereocenters. The Hall–Kier alpha value is -1.20. The van der Waals surface area contributed by atoms with E-state index in [1.807, 2.05) is 14.0 Å². The Morgan fingerprint density at radius 2 is 2.05 bits per heavy atom. The van der Waals surface area contributed by atoms with Crippen molar-refractivity contribution in [3.05, 3.63) is 51.5 Å². The number of aliphatic hydroxyl groups is 1. The first kappa shape index (κ1) is 14.2. The SMILES string of the molecule is Cc1nn(C)c(CC(C)(O)c2ccccc2F)c1Br. The van der Waals surface area contributed by atoms with E-state index in [1.54, 1.807) is 29.8 Å². The van der Waals surface area contributed by atoms with Crippen LogP contribution in [-0.4, -0.2) is 14.9 Å². The molecule has 1 aromatic heterocycles. The number of aromatic nitrogens is 2. The minimum absolute atomic E-state index is 0.284. The van der Waals surface area contributed by atoms with Crippen LogP contribution < -0.4 is 0 Å². The van der Waals surface area contributed by atoms with Crippen molar-refractivity contribution < 1.29 is 9.50 Å². The van der Waals surface area contributed by atoms with Gasteiger partial charge in [0, 0.05) is 19.0 Å². The standard InChI is InChI=1S/C14H16BrFN2O/c1-9-13(15)12(18(3)17-9)8-14(2,19)10-6-4-5-7-11(10)16/h4-7,19H,8H2,1-3H3. The molecule has 5 heteroatoms. The van der Waals surface area contributed by atoms with Crippen molar-refractivity contribution >= 4 is 15.9 Å². The molecule has 102 valence electrons.